The average Bonchev–Trinajstić information content (AvgIpc) is 2.89. The van der Waals surface area contributed by atoms with Crippen LogP contribution in [0.5, 0.6) is 0 Å². The van der Waals surface area contributed by atoms with E-state index in [1.165, 1.54) is 32.7 Å². The molecule has 2 heterocycles. The Balaban J connectivity index is 0.000000152. The van der Waals surface area contributed by atoms with Crippen LogP contribution in [-0.4, -0.2) is 9.97 Å². The van der Waals surface area contributed by atoms with Gasteiger partial charge in [0.15, 0.2) is 0 Å². The fraction of sp³-hybridized carbons (Fsp3) is 0. The minimum Gasteiger partial charge on any atom is -0.256 e. The quantitative estimate of drug-likeness (QED) is 0.202. The summed E-state index contributed by atoms with van der Waals surface area (Å²) in [4.78, 5) is 8.80. The van der Waals surface area contributed by atoms with Crippen molar-refractivity contribution < 1.29 is 20.1 Å². The van der Waals surface area contributed by atoms with Crippen LogP contribution in [0.3, 0.4) is 0 Å². The predicted octanol–water partition coefficient (Wildman–Crippen LogP) is 7.80. The Morgan fingerprint density at radius 1 is 0.364 bits per heavy atom. The van der Waals surface area contributed by atoms with Crippen molar-refractivity contribution in [3.63, 3.8) is 0 Å². The van der Waals surface area contributed by atoms with Gasteiger partial charge in [0.2, 0.25) is 0 Å². The van der Waals surface area contributed by atoms with Gasteiger partial charge in [-0.2, -0.15) is 0 Å². The van der Waals surface area contributed by atoms with E-state index in [1.54, 1.807) is 0 Å². The van der Waals surface area contributed by atoms with E-state index in [0.717, 1.165) is 11.4 Å². The van der Waals surface area contributed by atoms with E-state index in [-0.39, 0.29) is 20.1 Å². The Hall–Kier alpha value is -3.65. The van der Waals surface area contributed by atoms with E-state index in [2.05, 4.69) is 94.9 Å². The number of benzene rings is 4. The van der Waals surface area contributed by atoms with Gasteiger partial charge in [0, 0.05) is 23.5 Å². The average molecular weight is 603 g/mol. The van der Waals surface area contributed by atoms with E-state index in [4.69, 9.17) is 0 Å². The van der Waals surface area contributed by atoms with Gasteiger partial charge in [0.25, 0.3) is 0 Å². The van der Waals surface area contributed by atoms with Crippen LogP contribution in [0.1, 0.15) is 0 Å². The van der Waals surface area contributed by atoms with Crippen molar-refractivity contribution in [3.8, 4) is 22.5 Å². The first-order valence-electron chi connectivity index (χ1n) is 10.7. The summed E-state index contributed by atoms with van der Waals surface area (Å²) in [5.41, 5.74) is 4.44. The molecule has 0 amide bonds. The SMILES string of the molecule is [Ir+3].c1ccc(-c2cccc3ccccc23)nc1.c1ccc(-c2cccc3ccccc23)nc1. The molecule has 2 aromatic heterocycles. The summed E-state index contributed by atoms with van der Waals surface area (Å²) in [6, 6.07) is 41.4. The van der Waals surface area contributed by atoms with Gasteiger partial charge in [-0.25, -0.2) is 0 Å². The van der Waals surface area contributed by atoms with Gasteiger partial charge in [0.05, 0.1) is 11.4 Å². The second-order valence-electron chi connectivity index (χ2n) is 7.48. The number of aromatic nitrogens is 2. The molecule has 0 saturated heterocycles. The molecule has 2 nitrogen and oxygen atoms in total. The molecule has 0 bridgehead atoms. The molecular formula is C30H22IrN2+3. The minimum atomic E-state index is 0. The van der Waals surface area contributed by atoms with Crippen molar-refractivity contribution in [2.45, 2.75) is 0 Å². The maximum absolute atomic E-state index is 4.40. The summed E-state index contributed by atoms with van der Waals surface area (Å²) >= 11 is 0. The topological polar surface area (TPSA) is 25.8 Å². The first-order chi connectivity index (χ1) is 15.9. The first kappa shape index (κ1) is 22.5. The predicted molar refractivity (Wildman–Crippen MR) is 134 cm³/mol. The fourth-order valence-electron chi connectivity index (χ4n) is 3.94. The zero-order valence-electron chi connectivity index (χ0n) is 17.9. The van der Waals surface area contributed by atoms with Crippen molar-refractivity contribution in [1.82, 2.24) is 9.97 Å². The van der Waals surface area contributed by atoms with Crippen LogP contribution in [0.4, 0.5) is 0 Å². The van der Waals surface area contributed by atoms with E-state index in [0.29, 0.717) is 0 Å². The molecule has 0 unspecified atom stereocenters. The summed E-state index contributed by atoms with van der Waals surface area (Å²) < 4.78 is 0. The van der Waals surface area contributed by atoms with E-state index in [9.17, 15) is 0 Å². The number of hydrogen-bond acceptors (Lipinski definition) is 2. The van der Waals surface area contributed by atoms with Crippen molar-refractivity contribution in [2.75, 3.05) is 0 Å². The monoisotopic (exact) mass is 603 g/mol. The molecule has 6 rings (SSSR count). The zero-order valence-corrected chi connectivity index (χ0v) is 20.3. The third-order valence-electron chi connectivity index (χ3n) is 5.46. The summed E-state index contributed by atoms with van der Waals surface area (Å²) in [7, 11) is 0. The molecule has 33 heavy (non-hydrogen) atoms. The van der Waals surface area contributed by atoms with Gasteiger partial charge < -0.3 is 0 Å². The van der Waals surface area contributed by atoms with Crippen LogP contribution in [0.15, 0.2) is 134 Å². The van der Waals surface area contributed by atoms with Gasteiger partial charge in [-0.3, -0.25) is 9.97 Å². The van der Waals surface area contributed by atoms with Crippen LogP contribution in [0.2, 0.25) is 0 Å². The largest absolute Gasteiger partial charge is 3.00 e. The molecule has 0 saturated carbocycles. The van der Waals surface area contributed by atoms with Gasteiger partial charge in [-0.1, -0.05) is 97.1 Å². The Labute approximate surface area is 207 Å². The zero-order chi connectivity index (χ0) is 21.6. The van der Waals surface area contributed by atoms with E-state index < -0.39 is 0 Å². The molecule has 0 fully saturated rings. The minimum absolute atomic E-state index is 0. The molecule has 0 atom stereocenters. The van der Waals surface area contributed by atoms with Crippen molar-refractivity contribution in [2.24, 2.45) is 0 Å². The molecule has 0 aliphatic heterocycles. The Morgan fingerprint density at radius 2 is 0.758 bits per heavy atom. The van der Waals surface area contributed by atoms with Crippen molar-refractivity contribution in [1.29, 1.82) is 0 Å². The second kappa shape index (κ2) is 10.8. The summed E-state index contributed by atoms with van der Waals surface area (Å²) in [5.74, 6) is 0. The molecule has 158 valence electrons. The molecule has 0 spiro atoms. The second-order valence-corrected chi connectivity index (χ2v) is 7.48. The standard InChI is InChI=1S/2C15H11N.Ir/c2*1-2-8-13-12(6-1)7-5-9-14(13)15-10-3-4-11-16-15;/h2*1-11H;/q;;+3. The van der Waals surface area contributed by atoms with Crippen LogP contribution >= 0.6 is 0 Å². The van der Waals surface area contributed by atoms with Crippen LogP contribution < -0.4 is 0 Å². The molecular weight excluding hydrogens is 581 g/mol. The summed E-state index contributed by atoms with van der Waals surface area (Å²) in [5, 5.41) is 5.02. The van der Waals surface area contributed by atoms with Crippen molar-refractivity contribution in [3.05, 3.63) is 134 Å². The molecule has 4 aromatic carbocycles. The number of hydrogen-bond donors (Lipinski definition) is 0. The number of pyridine rings is 2. The fourth-order valence-corrected chi connectivity index (χ4v) is 3.94. The number of nitrogens with zero attached hydrogens (tertiary/aromatic N) is 2. The van der Waals surface area contributed by atoms with Crippen molar-refractivity contribution >= 4 is 21.5 Å². The van der Waals surface area contributed by atoms with Crippen LogP contribution in [0, 0.1) is 0 Å². The molecule has 0 N–H and O–H groups in total. The van der Waals surface area contributed by atoms with Crippen LogP contribution in [-0.2, 0) is 20.1 Å². The smallest absolute Gasteiger partial charge is 0.256 e. The van der Waals surface area contributed by atoms with Gasteiger partial charge in [0.1, 0.15) is 0 Å². The maximum atomic E-state index is 4.40. The van der Waals surface area contributed by atoms with Gasteiger partial charge in [-0.05, 0) is 45.8 Å². The molecule has 3 heteroatoms. The van der Waals surface area contributed by atoms with Gasteiger partial charge in [-0.15, -0.1) is 0 Å². The van der Waals surface area contributed by atoms with Crippen LogP contribution in [0.25, 0.3) is 44.1 Å². The third-order valence-corrected chi connectivity index (χ3v) is 5.46. The Kier molecular flexibility index (Phi) is 7.36. The molecule has 0 aliphatic rings. The third kappa shape index (κ3) is 5.06. The van der Waals surface area contributed by atoms with E-state index >= 15 is 0 Å². The summed E-state index contributed by atoms with van der Waals surface area (Å²) in [6.45, 7) is 0. The summed E-state index contributed by atoms with van der Waals surface area (Å²) in [6.07, 6.45) is 3.66. The number of fused-ring (bicyclic) bond motifs is 2. The normalized spacial score (nSPS) is 10.2. The molecule has 0 aliphatic carbocycles. The maximum Gasteiger partial charge on any atom is 3.00 e. The van der Waals surface area contributed by atoms with Gasteiger partial charge >= 0.3 is 20.1 Å². The Bertz CT molecular complexity index is 1340. The molecule has 6 aromatic rings. The molecule has 0 radical (unpaired) electrons. The van der Waals surface area contributed by atoms with E-state index in [1.807, 2.05) is 48.8 Å². The number of rotatable bonds is 2. The first-order valence-corrected chi connectivity index (χ1v) is 10.7. The Morgan fingerprint density at radius 3 is 1.18 bits per heavy atom.